The summed E-state index contributed by atoms with van der Waals surface area (Å²) < 4.78 is 50.1. The first-order valence-corrected chi connectivity index (χ1v) is 13.2. The Morgan fingerprint density at radius 2 is 1.34 bits per heavy atom. The zero-order valence-electron chi connectivity index (χ0n) is 15.9. The SMILES string of the molecule is Cc1ccc(S(=O)(=O)Cl)cc1.Cc1ccc(S(=O)(=O)OCCc2cccs2)cc1. The van der Waals surface area contributed by atoms with Crippen molar-refractivity contribution in [2.75, 3.05) is 6.61 Å². The Morgan fingerprint density at radius 1 is 0.828 bits per heavy atom. The lowest BCUT2D eigenvalue weighted by atomic mass is 10.2. The van der Waals surface area contributed by atoms with Crippen molar-refractivity contribution in [2.24, 2.45) is 0 Å². The smallest absolute Gasteiger partial charge is 0.266 e. The van der Waals surface area contributed by atoms with Crippen LogP contribution in [0, 0.1) is 13.8 Å². The first-order chi connectivity index (χ1) is 13.6. The minimum absolute atomic E-state index is 0.143. The summed E-state index contributed by atoms with van der Waals surface area (Å²) in [6.45, 7) is 3.97. The average Bonchev–Trinajstić information content (AvgIpc) is 3.15. The molecule has 156 valence electrons. The lowest BCUT2D eigenvalue weighted by Gasteiger charge is -2.05. The molecule has 5 nitrogen and oxygen atoms in total. The Kier molecular flexibility index (Phi) is 8.42. The van der Waals surface area contributed by atoms with Crippen LogP contribution < -0.4 is 0 Å². The third-order valence-electron chi connectivity index (χ3n) is 3.78. The van der Waals surface area contributed by atoms with Crippen molar-refractivity contribution in [1.82, 2.24) is 0 Å². The normalized spacial score (nSPS) is 11.6. The van der Waals surface area contributed by atoms with Gasteiger partial charge in [-0.2, -0.15) is 8.42 Å². The fraction of sp³-hybridized carbons (Fsp3) is 0.200. The summed E-state index contributed by atoms with van der Waals surface area (Å²) in [7, 11) is -2.09. The summed E-state index contributed by atoms with van der Waals surface area (Å²) in [4.78, 5) is 1.47. The van der Waals surface area contributed by atoms with E-state index in [2.05, 4.69) is 0 Å². The molecule has 0 unspecified atom stereocenters. The number of aryl methyl sites for hydroxylation is 2. The highest BCUT2D eigenvalue weighted by molar-refractivity contribution is 8.13. The minimum Gasteiger partial charge on any atom is -0.266 e. The van der Waals surface area contributed by atoms with Gasteiger partial charge in [0, 0.05) is 22.0 Å². The van der Waals surface area contributed by atoms with E-state index in [1.165, 1.54) is 12.1 Å². The van der Waals surface area contributed by atoms with Gasteiger partial charge in [0.05, 0.1) is 16.4 Å². The van der Waals surface area contributed by atoms with Gasteiger partial charge in [0.2, 0.25) is 0 Å². The van der Waals surface area contributed by atoms with Crippen molar-refractivity contribution in [3.63, 3.8) is 0 Å². The average molecular weight is 473 g/mol. The van der Waals surface area contributed by atoms with E-state index >= 15 is 0 Å². The van der Waals surface area contributed by atoms with E-state index in [-0.39, 0.29) is 16.4 Å². The first-order valence-electron chi connectivity index (χ1n) is 8.58. The van der Waals surface area contributed by atoms with Crippen molar-refractivity contribution in [3.8, 4) is 0 Å². The Morgan fingerprint density at radius 3 is 1.79 bits per heavy atom. The molecule has 0 saturated heterocycles. The highest BCUT2D eigenvalue weighted by Gasteiger charge is 2.14. The van der Waals surface area contributed by atoms with Crippen LogP contribution in [-0.2, 0) is 29.8 Å². The predicted molar refractivity (Wildman–Crippen MR) is 117 cm³/mol. The number of rotatable bonds is 6. The highest BCUT2D eigenvalue weighted by atomic mass is 35.7. The van der Waals surface area contributed by atoms with Crippen molar-refractivity contribution in [3.05, 3.63) is 82.0 Å². The quantitative estimate of drug-likeness (QED) is 0.375. The van der Waals surface area contributed by atoms with Gasteiger partial charge in [0.15, 0.2) is 0 Å². The Hall–Kier alpha value is -1.71. The van der Waals surface area contributed by atoms with Crippen LogP contribution in [0.4, 0.5) is 0 Å². The molecule has 3 aromatic rings. The number of hydrogen-bond acceptors (Lipinski definition) is 6. The molecule has 0 radical (unpaired) electrons. The second kappa shape index (κ2) is 10.4. The lowest BCUT2D eigenvalue weighted by molar-refractivity contribution is 0.323. The highest BCUT2D eigenvalue weighted by Crippen LogP contribution is 2.15. The summed E-state index contributed by atoms with van der Waals surface area (Å²) in [5.74, 6) is 0. The fourth-order valence-corrected chi connectivity index (χ4v) is 4.55. The van der Waals surface area contributed by atoms with E-state index in [1.807, 2.05) is 31.4 Å². The largest absolute Gasteiger partial charge is 0.296 e. The van der Waals surface area contributed by atoms with Gasteiger partial charge in [0.1, 0.15) is 0 Å². The van der Waals surface area contributed by atoms with Crippen molar-refractivity contribution in [2.45, 2.75) is 30.1 Å². The predicted octanol–water partition coefficient (Wildman–Crippen LogP) is 4.93. The molecule has 0 atom stereocenters. The first kappa shape index (κ1) is 23.6. The van der Waals surface area contributed by atoms with Crippen molar-refractivity contribution in [1.29, 1.82) is 0 Å². The molecule has 0 spiro atoms. The van der Waals surface area contributed by atoms with Crippen LogP contribution in [0.25, 0.3) is 0 Å². The van der Waals surface area contributed by atoms with E-state index < -0.39 is 19.2 Å². The zero-order chi connectivity index (χ0) is 21.5. The van der Waals surface area contributed by atoms with E-state index in [0.29, 0.717) is 6.42 Å². The third-order valence-corrected chi connectivity index (χ3v) is 7.41. The number of benzene rings is 2. The monoisotopic (exact) mass is 472 g/mol. The van der Waals surface area contributed by atoms with Gasteiger partial charge in [-0.15, -0.1) is 11.3 Å². The van der Waals surface area contributed by atoms with Gasteiger partial charge in [-0.3, -0.25) is 4.18 Å². The standard InChI is InChI=1S/C13H14O3S2.C7H7ClO2S/c1-11-4-6-13(7-5-11)18(14,15)16-9-8-12-3-2-10-17-12;1-6-2-4-7(5-3-6)11(8,9)10/h2-7,10H,8-9H2,1H3;2-5H,1H3. The molecule has 3 rings (SSSR count). The molecular weight excluding hydrogens is 452 g/mol. The maximum absolute atomic E-state index is 11.9. The molecule has 0 fully saturated rings. The molecule has 0 aliphatic heterocycles. The topological polar surface area (TPSA) is 77.5 Å². The molecule has 0 aliphatic carbocycles. The van der Waals surface area contributed by atoms with E-state index in [0.717, 1.165) is 16.0 Å². The molecule has 0 saturated carbocycles. The Labute approximate surface area is 180 Å². The molecule has 2 aromatic carbocycles. The third kappa shape index (κ3) is 7.91. The maximum Gasteiger partial charge on any atom is 0.296 e. The molecule has 1 heterocycles. The van der Waals surface area contributed by atoms with Gasteiger partial charge >= 0.3 is 0 Å². The van der Waals surface area contributed by atoms with Gasteiger partial charge in [0.25, 0.3) is 19.2 Å². The second-order valence-electron chi connectivity index (χ2n) is 6.17. The zero-order valence-corrected chi connectivity index (χ0v) is 19.1. The van der Waals surface area contributed by atoms with Crippen molar-refractivity contribution < 1.29 is 21.0 Å². The summed E-state index contributed by atoms with van der Waals surface area (Å²) in [6.07, 6.45) is 0.614. The molecule has 9 heteroatoms. The number of hydrogen-bond donors (Lipinski definition) is 0. The van der Waals surface area contributed by atoms with E-state index in [9.17, 15) is 16.8 Å². The molecule has 0 amide bonds. The van der Waals surface area contributed by atoms with Crippen LogP contribution >= 0.6 is 22.0 Å². The molecular formula is C20H21ClO5S3. The molecule has 0 N–H and O–H groups in total. The van der Waals surface area contributed by atoms with Crippen LogP contribution in [0.15, 0.2) is 75.8 Å². The van der Waals surface area contributed by atoms with Gasteiger partial charge < -0.3 is 0 Å². The number of halogens is 1. The number of thiophene rings is 1. The van der Waals surface area contributed by atoms with Crippen LogP contribution in [0.3, 0.4) is 0 Å². The van der Waals surface area contributed by atoms with E-state index in [4.69, 9.17) is 14.9 Å². The van der Waals surface area contributed by atoms with Crippen LogP contribution in [0.5, 0.6) is 0 Å². The summed E-state index contributed by atoms with van der Waals surface area (Å²) in [5, 5.41) is 1.96. The van der Waals surface area contributed by atoms with Crippen molar-refractivity contribution >= 4 is 41.2 Å². The Bertz CT molecular complexity index is 1100. The van der Waals surface area contributed by atoms with Gasteiger partial charge in [-0.05, 0) is 49.6 Å². The van der Waals surface area contributed by atoms with Gasteiger partial charge in [-0.25, -0.2) is 8.42 Å². The van der Waals surface area contributed by atoms with Crippen LogP contribution in [-0.4, -0.2) is 23.4 Å². The van der Waals surface area contributed by atoms with Crippen LogP contribution in [0.2, 0.25) is 0 Å². The summed E-state index contributed by atoms with van der Waals surface area (Å²) in [5.41, 5.74) is 2.03. The fourth-order valence-electron chi connectivity index (χ4n) is 2.18. The molecule has 29 heavy (non-hydrogen) atoms. The lowest BCUT2D eigenvalue weighted by Crippen LogP contribution is -2.08. The Balaban J connectivity index is 0.000000234. The maximum atomic E-state index is 11.9. The van der Waals surface area contributed by atoms with Gasteiger partial charge in [-0.1, -0.05) is 41.5 Å². The minimum atomic E-state index is -3.63. The summed E-state index contributed by atoms with van der Waals surface area (Å²) >= 11 is 1.60. The van der Waals surface area contributed by atoms with E-state index in [1.54, 1.807) is 47.7 Å². The summed E-state index contributed by atoms with van der Waals surface area (Å²) in [6, 6.07) is 16.9. The molecule has 1 aromatic heterocycles. The molecule has 0 aliphatic rings. The van der Waals surface area contributed by atoms with Crippen LogP contribution in [0.1, 0.15) is 16.0 Å². The second-order valence-corrected chi connectivity index (χ2v) is 11.4. The molecule has 0 bridgehead atoms.